The summed E-state index contributed by atoms with van der Waals surface area (Å²) in [5, 5.41) is 1.35. The summed E-state index contributed by atoms with van der Waals surface area (Å²) in [6, 6.07) is 0. The molecule has 13 heavy (non-hydrogen) atoms. The zero-order valence-corrected chi connectivity index (χ0v) is 10.4. The van der Waals surface area contributed by atoms with E-state index in [1.807, 2.05) is 17.6 Å². The molecule has 0 aromatic rings. The van der Waals surface area contributed by atoms with Crippen LogP contribution in [-0.4, -0.2) is 5.04 Å². The van der Waals surface area contributed by atoms with Gasteiger partial charge < -0.3 is 0 Å². The lowest BCUT2D eigenvalue weighted by Gasteiger charge is -2.29. The van der Waals surface area contributed by atoms with Gasteiger partial charge in [0.15, 0.2) is 0 Å². The summed E-state index contributed by atoms with van der Waals surface area (Å²) < 4.78 is 0. The summed E-state index contributed by atoms with van der Waals surface area (Å²) in [5.74, 6) is 2.15. The second-order valence-corrected chi connectivity index (χ2v) is 6.11. The molecule has 0 aromatic carbocycles. The van der Waals surface area contributed by atoms with Crippen LogP contribution in [0.1, 0.15) is 40.0 Å². The molecule has 0 saturated carbocycles. The first-order chi connectivity index (χ1) is 6.23. The van der Waals surface area contributed by atoms with Crippen molar-refractivity contribution in [1.29, 1.82) is 0 Å². The molecule has 1 aliphatic heterocycles. The van der Waals surface area contributed by atoms with Crippen LogP contribution in [-0.2, 0) is 0 Å². The van der Waals surface area contributed by atoms with Crippen LogP contribution in [0.2, 0.25) is 0 Å². The fourth-order valence-corrected chi connectivity index (χ4v) is 4.06. The van der Waals surface area contributed by atoms with Gasteiger partial charge in [-0.3, -0.25) is 4.99 Å². The fourth-order valence-electron chi connectivity index (χ4n) is 1.52. The molecule has 0 N–H and O–H groups in total. The van der Waals surface area contributed by atoms with E-state index in [-0.39, 0.29) is 0 Å². The van der Waals surface area contributed by atoms with Crippen molar-refractivity contribution in [2.24, 2.45) is 10.4 Å². The van der Waals surface area contributed by atoms with Gasteiger partial charge in [-0.05, 0) is 26.4 Å². The molecule has 2 atom stereocenters. The Kier molecular flexibility index (Phi) is 4.48. The van der Waals surface area contributed by atoms with Gasteiger partial charge in [0.2, 0.25) is 0 Å². The van der Waals surface area contributed by atoms with E-state index in [2.05, 4.69) is 31.6 Å². The molecule has 0 aliphatic carbocycles. The van der Waals surface area contributed by atoms with Crippen molar-refractivity contribution < 1.29 is 0 Å². The van der Waals surface area contributed by atoms with Crippen LogP contribution in [0.5, 0.6) is 0 Å². The van der Waals surface area contributed by atoms with Crippen LogP contribution in [0, 0.1) is 5.41 Å². The summed E-state index contributed by atoms with van der Waals surface area (Å²) in [6.07, 6.45) is 5.67. The summed E-state index contributed by atoms with van der Waals surface area (Å²) in [7, 11) is 0.868. The predicted octanol–water partition coefficient (Wildman–Crippen LogP) is 4.41. The van der Waals surface area contributed by atoms with E-state index in [0.29, 0.717) is 5.41 Å². The highest BCUT2D eigenvalue weighted by atomic mass is 32.7. The van der Waals surface area contributed by atoms with Crippen LogP contribution in [0.25, 0.3) is 0 Å². The minimum absolute atomic E-state index is 0.331. The summed E-state index contributed by atoms with van der Waals surface area (Å²) in [6.45, 7) is 6.85. The molecule has 2 unspecified atom stereocenters. The molecule has 0 amide bonds. The molecule has 1 aliphatic rings. The largest absolute Gasteiger partial charge is 0.253 e. The molecule has 0 saturated heterocycles. The summed E-state index contributed by atoms with van der Waals surface area (Å²) in [5.41, 5.74) is 0.331. The Bertz CT molecular complexity index is 225. The van der Waals surface area contributed by atoms with E-state index in [4.69, 9.17) is 0 Å². The average molecular weight is 215 g/mol. The molecular weight excluding hydrogens is 197 g/mol. The SMILES string of the molecule is CCCC(C)(CC)C1=NC=CPS1. The van der Waals surface area contributed by atoms with E-state index in [1.165, 1.54) is 24.3 Å². The number of aliphatic imine (C=N–C) groups is 1. The van der Waals surface area contributed by atoms with Gasteiger partial charge in [0.1, 0.15) is 0 Å². The summed E-state index contributed by atoms with van der Waals surface area (Å²) >= 11 is 1.93. The Morgan fingerprint density at radius 3 is 2.77 bits per heavy atom. The smallest absolute Gasteiger partial charge is 0.0832 e. The molecular formula is C10H18NPS. The van der Waals surface area contributed by atoms with E-state index >= 15 is 0 Å². The van der Waals surface area contributed by atoms with Crippen LogP contribution in [0.15, 0.2) is 17.0 Å². The highest BCUT2D eigenvalue weighted by Crippen LogP contribution is 2.44. The first-order valence-corrected chi connectivity index (χ1v) is 7.50. The third kappa shape index (κ3) is 2.82. The Hall–Kier alpha value is 0.190. The van der Waals surface area contributed by atoms with Gasteiger partial charge in [-0.2, -0.15) is 0 Å². The van der Waals surface area contributed by atoms with Gasteiger partial charge >= 0.3 is 0 Å². The van der Waals surface area contributed by atoms with Gasteiger partial charge in [0.25, 0.3) is 0 Å². The van der Waals surface area contributed by atoms with Crippen molar-refractivity contribution in [1.82, 2.24) is 0 Å². The molecule has 0 fully saturated rings. The molecule has 3 heteroatoms. The minimum atomic E-state index is 0.331. The maximum Gasteiger partial charge on any atom is 0.0832 e. The third-order valence-corrected chi connectivity index (χ3v) is 5.12. The monoisotopic (exact) mass is 215 g/mol. The summed E-state index contributed by atoms with van der Waals surface area (Å²) in [4.78, 5) is 4.50. The molecule has 1 rings (SSSR count). The normalized spacial score (nSPS) is 22.8. The number of nitrogens with zero attached hydrogens (tertiary/aromatic N) is 1. The van der Waals surface area contributed by atoms with Gasteiger partial charge in [0, 0.05) is 11.6 Å². The third-order valence-electron chi connectivity index (χ3n) is 2.59. The second-order valence-electron chi connectivity index (χ2n) is 3.63. The van der Waals surface area contributed by atoms with Gasteiger partial charge in [0.05, 0.1) is 5.04 Å². The topological polar surface area (TPSA) is 12.4 Å². The maximum absolute atomic E-state index is 4.50. The first kappa shape index (κ1) is 11.3. The quantitative estimate of drug-likeness (QED) is 0.632. The number of hydrogen-bond donors (Lipinski definition) is 0. The van der Waals surface area contributed by atoms with Crippen molar-refractivity contribution in [2.45, 2.75) is 40.0 Å². The van der Waals surface area contributed by atoms with Crippen LogP contribution >= 0.6 is 19.2 Å². The lowest BCUT2D eigenvalue weighted by atomic mass is 9.84. The van der Waals surface area contributed by atoms with Crippen molar-refractivity contribution in [3.05, 3.63) is 12.0 Å². The Balaban J connectivity index is 2.74. The molecule has 1 nitrogen and oxygen atoms in total. The molecule has 0 spiro atoms. The molecule has 1 heterocycles. The fraction of sp³-hybridized carbons (Fsp3) is 0.700. The predicted molar refractivity (Wildman–Crippen MR) is 65.8 cm³/mol. The van der Waals surface area contributed by atoms with Crippen molar-refractivity contribution in [3.63, 3.8) is 0 Å². The molecule has 0 aromatic heterocycles. The average Bonchev–Trinajstić information content (AvgIpc) is 2.19. The van der Waals surface area contributed by atoms with Crippen molar-refractivity contribution in [2.75, 3.05) is 0 Å². The number of rotatable bonds is 4. The van der Waals surface area contributed by atoms with Crippen LogP contribution in [0.4, 0.5) is 0 Å². The highest BCUT2D eigenvalue weighted by Gasteiger charge is 2.28. The number of hydrogen-bond acceptors (Lipinski definition) is 2. The Labute approximate surface area is 87.0 Å². The van der Waals surface area contributed by atoms with E-state index in [9.17, 15) is 0 Å². The van der Waals surface area contributed by atoms with E-state index < -0.39 is 0 Å². The Morgan fingerprint density at radius 1 is 1.54 bits per heavy atom. The van der Waals surface area contributed by atoms with E-state index in [0.717, 1.165) is 7.78 Å². The van der Waals surface area contributed by atoms with E-state index in [1.54, 1.807) is 0 Å². The van der Waals surface area contributed by atoms with Gasteiger partial charge in [-0.1, -0.05) is 38.6 Å². The lowest BCUT2D eigenvalue weighted by Crippen LogP contribution is -2.24. The molecule has 0 bridgehead atoms. The van der Waals surface area contributed by atoms with Gasteiger partial charge in [-0.25, -0.2) is 0 Å². The molecule has 0 radical (unpaired) electrons. The first-order valence-electron chi connectivity index (χ1n) is 4.88. The lowest BCUT2D eigenvalue weighted by molar-refractivity contribution is 0.414. The highest BCUT2D eigenvalue weighted by molar-refractivity contribution is 8.58. The standard InChI is InChI=1S/C10H18NPS/c1-4-6-10(3,5-2)9-11-7-8-12-13-9/h7-8,12H,4-6H2,1-3H3. The van der Waals surface area contributed by atoms with Crippen molar-refractivity contribution in [3.8, 4) is 0 Å². The van der Waals surface area contributed by atoms with Crippen LogP contribution in [0.3, 0.4) is 0 Å². The zero-order chi connectivity index (χ0) is 9.73. The van der Waals surface area contributed by atoms with Crippen LogP contribution < -0.4 is 0 Å². The molecule has 74 valence electrons. The Morgan fingerprint density at radius 2 is 2.31 bits per heavy atom. The minimum Gasteiger partial charge on any atom is -0.253 e. The second kappa shape index (κ2) is 5.17. The maximum atomic E-state index is 4.50. The zero-order valence-electron chi connectivity index (χ0n) is 8.63. The van der Waals surface area contributed by atoms with Crippen molar-refractivity contribution >= 4 is 24.2 Å². The van der Waals surface area contributed by atoms with Gasteiger partial charge in [-0.15, -0.1) is 0 Å².